The predicted molar refractivity (Wildman–Crippen MR) is 51.4 cm³/mol. The van der Waals surface area contributed by atoms with Crippen LogP contribution >= 0.6 is 11.3 Å². The van der Waals surface area contributed by atoms with Gasteiger partial charge in [0.1, 0.15) is 5.01 Å². The Morgan fingerprint density at radius 2 is 2.25 bits per heavy atom. The number of hydrogen-bond acceptors (Lipinski definition) is 2. The Labute approximate surface area is 75.3 Å². The van der Waals surface area contributed by atoms with Gasteiger partial charge in [-0.3, -0.25) is 0 Å². The first-order chi connectivity index (χ1) is 5.77. The first-order valence-electron chi connectivity index (χ1n) is 3.85. The van der Waals surface area contributed by atoms with Crippen molar-refractivity contribution in [3.8, 4) is 10.7 Å². The van der Waals surface area contributed by atoms with Crippen molar-refractivity contribution in [3.63, 3.8) is 0 Å². The lowest BCUT2D eigenvalue weighted by atomic mass is 10.4. The molecule has 1 N–H and O–H groups in total. The second kappa shape index (κ2) is 2.75. The van der Waals surface area contributed by atoms with Crippen LogP contribution in [-0.4, -0.2) is 9.97 Å². The van der Waals surface area contributed by atoms with E-state index < -0.39 is 0 Å². The summed E-state index contributed by atoms with van der Waals surface area (Å²) in [6, 6.07) is 4.03. The lowest BCUT2D eigenvalue weighted by molar-refractivity contribution is 1.22. The molecule has 2 rings (SSSR count). The van der Waals surface area contributed by atoms with Crippen LogP contribution in [-0.2, 0) is 0 Å². The minimum absolute atomic E-state index is 1.08. The summed E-state index contributed by atoms with van der Waals surface area (Å²) < 4.78 is 0. The van der Waals surface area contributed by atoms with Crippen LogP contribution in [0.4, 0.5) is 0 Å². The molecular weight excluding hydrogens is 168 g/mol. The fourth-order valence-electron chi connectivity index (χ4n) is 1.05. The summed E-state index contributed by atoms with van der Waals surface area (Å²) in [5, 5.41) is 1.08. The van der Waals surface area contributed by atoms with Crippen molar-refractivity contribution in [2.45, 2.75) is 13.8 Å². The maximum absolute atomic E-state index is 4.44. The summed E-state index contributed by atoms with van der Waals surface area (Å²) in [5.41, 5.74) is 2.24. The summed E-state index contributed by atoms with van der Waals surface area (Å²) in [5.74, 6) is 0. The van der Waals surface area contributed by atoms with Crippen molar-refractivity contribution in [2.75, 3.05) is 0 Å². The molecule has 0 aliphatic heterocycles. The van der Waals surface area contributed by atoms with Crippen LogP contribution in [0.25, 0.3) is 10.7 Å². The maximum atomic E-state index is 4.44. The first kappa shape index (κ1) is 7.55. The Balaban J connectivity index is 2.48. The van der Waals surface area contributed by atoms with Crippen molar-refractivity contribution in [1.82, 2.24) is 9.97 Å². The predicted octanol–water partition coefficient (Wildman–Crippen LogP) is 2.76. The normalized spacial score (nSPS) is 10.5. The van der Waals surface area contributed by atoms with Gasteiger partial charge in [0.2, 0.25) is 0 Å². The number of hydrogen-bond donors (Lipinski definition) is 1. The molecule has 0 radical (unpaired) electrons. The van der Waals surface area contributed by atoms with E-state index in [4.69, 9.17) is 0 Å². The van der Waals surface area contributed by atoms with Gasteiger partial charge < -0.3 is 4.98 Å². The van der Waals surface area contributed by atoms with E-state index in [0.29, 0.717) is 0 Å². The highest BCUT2D eigenvalue weighted by Crippen LogP contribution is 2.25. The second-order valence-electron chi connectivity index (χ2n) is 2.74. The zero-order valence-corrected chi connectivity index (χ0v) is 7.90. The van der Waals surface area contributed by atoms with E-state index in [1.54, 1.807) is 11.3 Å². The Morgan fingerprint density at radius 1 is 1.42 bits per heavy atom. The van der Waals surface area contributed by atoms with Crippen LogP contribution < -0.4 is 0 Å². The molecule has 2 aromatic heterocycles. The van der Waals surface area contributed by atoms with Crippen LogP contribution in [0, 0.1) is 13.8 Å². The summed E-state index contributed by atoms with van der Waals surface area (Å²) >= 11 is 1.73. The summed E-state index contributed by atoms with van der Waals surface area (Å²) in [4.78, 5) is 8.87. The van der Waals surface area contributed by atoms with E-state index in [-0.39, 0.29) is 0 Å². The van der Waals surface area contributed by atoms with Gasteiger partial charge in [0, 0.05) is 11.1 Å². The van der Waals surface area contributed by atoms with Crippen LogP contribution in [0.5, 0.6) is 0 Å². The fourth-order valence-corrected chi connectivity index (χ4v) is 1.95. The minimum Gasteiger partial charge on any atom is -0.359 e. The third kappa shape index (κ3) is 1.16. The average molecular weight is 178 g/mol. The number of thiazole rings is 1. The van der Waals surface area contributed by atoms with Gasteiger partial charge in [-0.25, -0.2) is 4.98 Å². The SMILES string of the molecule is Cc1nc(-c2ccc[nH]2)sc1C. The number of aromatic nitrogens is 2. The zero-order chi connectivity index (χ0) is 8.55. The molecule has 0 saturated heterocycles. The number of aromatic amines is 1. The highest BCUT2D eigenvalue weighted by molar-refractivity contribution is 7.15. The molecule has 12 heavy (non-hydrogen) atoms. The molecule has 0 saturated carbocycles. The van der Waals surface area contributed by atoms with Crippen molar-refractivity contribution in [3.05, 3.63) is 28.9 Å². The maximum Gasteiger partial charge on any atom is 0.140 e. The van der Waals surface area contributed by atoms with Gasteiger partial charge in [-0.1, -0.05) is 0 Å². The van der Waals surface area contributed by atoms with Gasteiger partial charge in [0.15, 0.2) is 0 Å². The molecular formula is C9H10N2S. The summed E-state index contributed by atoms with van der Waals surface area (Å²) in [6.45, 7) is 4.14. The van der Waals surface area contributed by atoms with Gasteiger partial charge in [0.25, 0.3) is 0 Å². The molecule has 0 aliphatic carbocycles. The second-order valence-corrected chi connectivity index (χ2v) is 3.95. The molecule has 0 amide bonds. The van der Waals surface area contributed by atoms with E-state index in [1.165, 1.54) is 4.88 Å². The topological polar surface area (TPSA) is 28.7 Å². The molecule has 0 bridgehead atoms. The fraction of sp³-hybridized carbons (Fsp3) is 0.222. The number of nitrogens with one attached hydrogen (secondary N) is 1. The summed E-state index contributed by atoms with van der Waals surface area (Å²) in [6.07, 6.45) is 1.92. The molecule has 0 spiro atoms. The molecule has 0 unspecified atom stereocenters. The van der Waals surface area contributed by atoms with Gasteiger partial charge in [0.05, 0.1) is 11.4 Å². The van der Waals surface area contributed by atoms with Crippen LogP contribution in [0.2, 0.25) is 0 Å². The third-order valence-corrected chi connectivity index (χ3v) is 2.96. The molecule has 62 valence electrons. The van der Waals surface area contributed by atoms with Crippen molar-refractivity contribution < 1.29 is 0 Å². The minimum atomic E-state index is 1.08. The molecule has 0 fully saturated rings. The molecule has 3 heteroatoms. The average Bonchev–Trinajstić information content (AvgIpc) is 2.61. The van der Waals surface area contributed by atoms with E-state index in [1.807, 2.05) is 25.3 Å². The van der Waals surface area contributed by atoms with Gasteiger partial charge in [-0.15, -0.1) is 11.3 Å². The third-order valence-electron chi connectivity index (χ3n) is 1.86. The van der Waals surface area contributed by atoms with Crippen molar-refractivity contribution in [2.24, 2.45) is 0 Å². The Bertz CT molecular complexity index is 354. The highest BCUT2D eigenvalue weighted by Gasteiger charge is 2.05. The number of aryl methyl sites for hydroxylation is 2. The zero-order valence-electron chi connectivity index (χ0n) is 7.09. The van der Waals surface area contributed by atoms with E-state index in [2.05, 4.69) is 16.9 Å². The van der Waals surface area contributed by atoms with Crippen LogP contribution in [0.1, 0.15) is 10.6 Å². The Hall–Kier alpha value is -1.09. The van der Waals surface area contributed by atoms with Gasteiger partial charge in [-0.2, -0.15) is 0 Å². The Kier molecular flexibility index (Phi) is 1.73. The lowest BCUT2D eigenvalue weighted by Crippen LogP contribution is -1.75. The highest BCUT2D eigenvalue weighted by atomic mass is 32.1. The lowest BCUT2D eigenvalue weighted by Gasteiger charge is -1.86. The quantitative estimate of drug-likeness (QED) is 0.714. The van der Waals surface area contributed by atoms with E-state index >= 15 is 0 Å². The standard InChI is InChI=1S/C9H10N2S/c1-6-7(2)12-9(11-6)8-4-3-5-10-8/h3-5,10H,1-2H3. The molecule has 2 nitrogen and oxygen atoms in total. The molecule has 0 atom stereocenters. The number of H-pyrrole nitrogens is 1. The first-order valence-corrected chi connectivity index (χ1v) is 4.67. The number of rotatable bonds is 1. The monoisotopic (exact) mass is 178 g/mol. The van der Waals surface area contributed by atoms with Crippen LogP contribution in [0.15, 0.2) is 18.3 Å². The smallest absolute Gasteiger partial charge is 0.140 e. The van der Waals surface area contributed by atoms with E-state index in [0.717, 1.165) is 16.4 Å². The van der Waals surface area contributed by atoms with Gasteiger partial charge >= 0.3 is 0 Å². The van der Waals surface area contributed by atoms with Crippen LogP contribution in [0.3, 0.4) is 0 Å². The number of nitrogens with zero attached hydrogens (tertiary/aromatic N) is 1. The van der Waals surface area contributed by atoms with Gasteiger partial charge in [-0.05, 0) is 26.0 Å². The van der Waals surface area contributed by atoms with Crippen molar-refractivity contribution >= 4 is 11.3 Å². The van der Waals surface area contributed by atoms with E-state index in [9.17, 15) is 0 Å². The molecule has 0 aliphatic rings. The molecule has 2 heterocycles. The largest absolute Gasteiger partial charge is 0.359 e. The Morgan fingerprint density at radius 3 is 2.75 bits per heavy atom. The molecule has 0 aromatic carbocycles. The van der Waals surface area contributed by atoms with Crippen molar-refractivity contribution in [1.29, 1.82) is 0 Å². The summed E-state index contributed by atoms with van der Waals surface area (Å²) in [7, 11) is 0. The molecule has 2 aromatic rings.